The van der Waals surface area contributed by atoms with Crippen molar-refractivity contribution in [2.45, 2.75) is 19.3 Å². The molecular weight excluding hydrogens is 126 g/mol. The fourth-order valence-corrected chi connectivity index (χ4v) is 1.31. The molecule has 0 saturated carbocycles. The minimum absolute atomic E-state index is 1.09. The summed E-state index contributed by atoms with van der Waals surface area (Å²) in [6, 6.07) is 0. The summed E-state index contributed by atoms with van der Waals surface area (Å²) >= 11 is 0. The Hall–Kier alpha value is -0.990. The molecule has 0 spiro atoms. The zero-order valence-electron chi connectivity index (χ0n) is 5.85. The number of aromatic nitrogens is 2. The number of H-pyrrole nitrogens is 1. The zero-order valence-corrected chi connectivity index (χ0v) is 5.85. The number of hydrogen-bond acceptors (Lipinski definition) is 2. The lowest BCUT2D eigenvalue weighted by Gasteiger charge is -1.96. The van der Waals surface area contributed by atoms with Gasteiger partial charge < -0.3 is 5.32 Å². The first-order valence-electron chi connectivity index (χ1n) is 3.73. The summed E-state index contributed by atoms with van der Waals surface area (Å²) in [5.74, 6) is 0. The third kappa shape index (κ3) is 0.875. The maximum absolute atomic E-state index is 3.96. The molecule has 0 aromatic carbocycles. The van der Waals surface area contributed by atoms with Crippen molar-refractivity contribution in [1.82, 2.24) is 10.2 Å². The van der Waals surface area contributed by atoms with Crippen LogP contribution in [0, 0.1) is 0 Å². The maximum Gasteiger partial charge on any atom is 0.0756 e. The number of nitrogens with one attached hydrogen (secondary N) is 2. The molecule has 0 aliphatic carbocycles. The molecule has 0 atom stereocenters. The first-order chi connectivity index (χ1) is 4.97. The minimum atomic E-state index is 1.09. The summed E-state index contributed by atoms with van der Waals surface area (Å²) in [5.41, 5.74) is 2.45. The topological polar surface area (TPSA) is 40.7 Å². The highest BCUT2D eigenvalue weighted by atomic mass is 15.1. The van der Waals surface area contributed by atoms with Gasteiger partial charge in [-0.25, -0.2) is 0 Å². The average molecular weight is 137 g/mol. The van der Waals surface area contributed by atoms with E-state index in [0.29, 0.717) is 0 Å². The van der Waals surface area contributed by atoms with Gasteiger partial charge in [-0.3, -0.25) is 5.10 Å². The summed E-state index contributed by atoms with van der Waals surface area (Å²) in [4.78, 5) is 0. The highest BCUT2D eigenvalue weighted by Crippen LogP contribution is 2.17. The van der Waals surface area contributed by atoms with Crippen molar-refractivity contribution in [2.75, 3.05) is 11.9 Å². The molecule has 0 saturated heterocycles. The Kier molecular flexibility index (Phi) is 1.34. The molecule has 3 heteroatoms. The van der Waals surface area contributed by atoms with Gasteiger partial charge in [0, 0.05) is 6.54 Å². The van der Waals surface area contributed by atoms with E-state index in [2.05, 4.69) is 15.5 Å². The van der Waals surface area contributed by atoms with Gasteiger partial charge in [-0.15, -0.1) is 0 Å². The van der Waals surface area contributed by atoms with E-state index in [9.17, 15) is 0 Å². The number of aromatic amines is 1. The second-order valence-corrected chi connectivity index (χ2v) is 2.65. The number of hydrogen-bond donors (Lipinski definition) is 2. The third-order valence-electron chi connectivity index (χ3n) is 1.89. The molecule has 1 aromatic heterocycles. The molecule has 10 heavy (non-hydrogen) atoms. The SMILES string of the molecule is c1n[nH]c2c1NCCCC2. The Bertz CT molecular complexity index is 196. The number of nitrogens with zero attached hydrogens (tertiary/aromatic N) is 1. The minimum Gasteiger partial charge on any atom is -0.382 e. The highest BCUT2D eigenvalue weighted by Gasteiger charge is 2.06. The first kappa shape index (κ1) is 5.77. The zero-order chi connectivity index (χ0) is 6.81. The van der Waals surface area contributed by atoms with Gasteiger partial charge in [-0.05, 0) is 19.3 Å². The molecule has 2 N–H and O–H groups in total. The van der Waals surface area contributed by atoms with Crippen molar-refractivity contribution in [1.29, 1.82) is 0 Å². The highest BCUT2D eigenvalue weighted by molar-refractivity contribution is 5.46. The molecule has 0 amide bonds. The summed E-state index contributed by atoms with van der Waals surface area (Å²) < 4.78 is 0. The van der Waals surface area contributed by atoms with E-state index in [1.165, 1.54) is 24.2 Å². The molecule has 0 fully saturated rings. The summed E-state index contributed by atoms with van der Waals surface area (Å²) in [7, 11) is 0. The van der Waals surface area contributed by atoms with Crippen LogP contribution in [0.2, 0.25) is 0 Å². The van der Waals surface area contributed by atoms with Gasteiger partial charge in [0.15, 0.2) is 0 Å². The molecule has 2 heterocycles. The van der Waals surface area contributed by atoms with Crippen molar-refractivity contribution < 1.29 is 0 Å². The lowest BCUT2D eigenvalue weighted by Crippen LogP contribution is -1.97. The normalized spacial score (nSPS) is 17.2. The molecule has 1 aliphatic heterocycles. The second kappa shape index (κ2) is 2.33. The Labute approximate surface area is 59.8 Å². The van der Waals surface area contributed by atoms with Gasteiger partial charge in [-0.2, -0.15) is 5.10 Å². The van der Waals surface area contributed by atoms with Crippen LogP contribution in [-0.4, -0.2) is 16.7 Å². The molecule has 2 rings (SSSR count). The molecule has 3 nitrogen and oxygen atoms in total. The fraction of sp³-hybridized carbons (Fsp3) is 0.571. The van der Waals surface area contributed by atoms with Gasteiger partial charge in [-0.1, -0.05) is 0 Å². The van der Waals surface area contributed by atoms with Crippen LogP contribution in [0.3, 0.4) is 0 Å². The molecule has 1 aliphatic rings. The number of anilines is 1. The van der Waals surface area contributed by atoms with Crippen LogP contribution in [0.1, 0.15) is 18.5 Å². The molecular formula is C7H11N3. The van der Waals surface area contributed by atoms with Crippen LogP contribution < -0.4 is 5.32 Å². The fourth-order valence-electron chi connectivity index (χ4n) is 1.31. The monoisotopic (exact) mass is 137 g/mol. The average Bonchev–Trinajstić information content (AvgIpc) is 2.28. The number of fused-ring (bicyclic) bond motifs is 1. The largest absolute Gasteiger partial charge is 0.382 e. The Morgan fingerprint density at radius 3 is 3.40 bits per heavy atom. The van der Waals surface area contributed by atoms with Crippen molar-refractivity contribution in [3.8, 4) is 0 Å². The van der Waals surface area contributed by atoms with E-state index in [0.717, 1.165) is 13.0 Å². The van der Waals surface area contributed by atoms with Crippen LogP contribution in [0.15, 0.2) is 6.20 Å². The smallest absolute Gasteiger partial charge is 0.0756 e. The standard InChI is InChI=1S/C7H11N3/c1-2-4-8-7-5-9-10-6(7)3-1/h5,8H,1-4H2,(H,9,10). The molecule has 0 radical (unpaired) electrons. The Morgan fingerprint density at radius 2 is 2.40 bits per heavy atom. The first-order valence-corrected chi connectivity index (χ1v) is 3.73. The van der Waals surface area contributed by atoms with Crippen molar-refractivity contribution >= 4 is 5.69 Å². The van der Waals surface area contributed by atoms with E-state index in [1.54, 1.807) is 0 Å². The van der Waals surface area contributed by atoms with E-state index >= 15 is 0 Å². The Balaban J connectivity index is 2.28. The third-order valence-corrected chi connectivity index (χ3v) is 1.89. The van der Waals surface area contributed by atoms with Crippen LogP contribution in [0.4, 0.5) is 5.69 Å². The molecule has 0 unspecified atom stereocenters. The molecule has 54 valence electrons. The lowest BCUT2D eigenvalue weighted by molar-refractivity contribution is 0.765. The van der Waals surface area contributed by atoms with Gasteiger partial charge in [0.2, 0.25) is 0 Å². The number of rotatable bonds is 0. The van der Waals surface area contributed by atoms with Crippen molar-refractivity contribution in [3.05, 3.63) is 11.9 Å². The van der Waals surface area contributed by atoms with Crippen LogP contribution in [0.5, 0.6) is 0 Å². The van der Waals surface area contributed by atoms with E-state index in [-0.39, 0.29) is 0 Å². The lowest BCUT2D eigenvalue weighted by atomic mass is 10.2. The van der Waals surface area contributed by atoms with Gasteiger partial charge in [0.25, 0.3) is 0 Å². The number of aryl methyl sites for hydroxylation is 1. The molecule has 1 aromatic rings. The Morgan fingerprint density at radius 1 is 1.40 bits per heavy atom. The van der Waals surface area contributed by atoms with Gasteiger partial charge >= 0.3 is 0 Å². The van der Waals surface area contributed by atoms with Crippen LogP contribution in [0.25, 0.3) is 0 Å². The van der Waals surface area contributed by atoms with Crippen LogP contribution >= 0.6 is 0 Å². The predicted molar refractivity (Wildman–Crippen MR) is 40.0 cm³/mol. The van der Waals surface area contributed by atoms with E-state index in [1.807, 2.05) is 6.20 Å². The summed E-state index contributed by atoms with van der Waals surface area (Å²) in [5, 5.41) is 10.3. The van der Waals surface area contributed by atoms with Gasteiger partial charge in [0.1, 0.15) is 0 Å². The summed E-state index contributed by atoms with van der Waals surface area (Å²) in [6.45, 7) is 1.09. The maximum atomic E-state index is 3.96. The van der Waals surface area contributed by atoms with Gasteiger partial charge in [0.05, 0.1) is 17.6 Å². The second-order valence-electron chi connectivity index (χ2n) is 2.65. The quantitative estimate of drug-likeness (QED) is 0.563. The van der Waals surface area contributed by atoms with Crippen molar-refractivity contribution in [2.24, 2.45) is 0 Å². The molecule has 0 bridgehead atoms. The summed E-state index contributed by atoms with van der Waals surface area (Å²) in [6.07, 6.45) is 5.54. The van der Waals surface area contributed by atoms with Crippen molar-refractivity contribution in [3.63, 3.8) is 0 Å². The van der Waals surface area contributed by atoms with Crippen LogP contribution in [-0.2, 0) is 6.42 Å². The van der Waals surface area contributed by atoms with E-state index < -0.39 is 0 Å². The predicted octanol–water partition coefficient (Wildman–Crippen LogP) is 1.16. The van der Waals surface area contributed by atoms with E-state index in [4.69, 9.17) is 0 Å².